The predicted molar refractivity (Wildman–Crippen MR) is 116 cm³/mol. The summed E-state index contributed by atoms with van der Waals surface area (Å²) in [6.45, 7) is 2.83. The number of hydrogen-bond donors (Lipinski definition) is 0. The minimum absolute atomic E-state index is 0.0922. The van der Waals surface area contributed by atoms with Gasteiger partial charge in [-0.2, -0.15) is 5.10 Å². The molecule has 0 N–H and O–H groups in total. The molecule has 0 saturated carbocycles. The molecular weight excluding hydrogens is 461 g/mol. The third kappa shape index (κ3) is 4.08. The van der Waals surface area contributed by atoms with Crippen molar-refractivity contribution < 1.29 is 18.9 Å². The number of rotatable bonds is 4. The van der Waals surface area contributed by atoms with Crippen LogP contribution in [0.25, 0.3) is 5.69 Å². The fourth-order valence-electron chi connectivity index (χ4n) is 3.46. The zero-order valence-electron chi connectivity index (χ0n) is 16.8. The van der Waals surface area contributed by atoms with Gasteiger partial charge < -0.3 is 9.80 Å². The van der Waals surface area contributed by atoms with Crippen LogP contribution >= 0.6 is 22.9 Å². The van der Waals surface area contributed by atoms with E-state index >= 15 is 0 Å². The highest BCUT2D eigenvalue weighted by molar-refractivity contribution is 7.17. The summed E-state index contributed by atoms with van der Waals surface area (Å²) in [5.41, 5.74) is 1.22. The Morgan fingerprint density at radius 2 is 1.66 bits per heavy atom. The first-order valence-corrected chi connectivity index (χ1v) is 10.8. The molecule has 3 aromatic rings. The fraction of sp³-hybridized carbons (Fsp3) is 0.250. The minimum Gasteiger partial charge on any atom is -0.335 e. The lowest BCUT2D eigenvalue weighted by Crippen LogP contribution is -2.50. The molecule has 9 nitrogen and oxygen atoms in total. The van der Waals surface area contributed by atoms with Crippen LogP contribution in [0, 0.1) is 22.9 Å². The van der Waals surface area contributed by atoms with Crippen molar-refractivity contribution in [3.8, 4) is 5.69 Å². The third-order valence-electron chi connectivity index (χ3n) is 5.13. The van der Waals surface area contributed by atoms with Gasteiger partial charge in [-0.25, -0.2) is 9.07 Å². The molecule has 1 aliphatic heterocycles. The molecular formula is C20H17ClFN5O4S. The van der Waals surface area contributed by atoms with Crippen molar-refractivity contribution in [2.45, 2.75) is 6.92 Å². The van der Waals surface area contributed by atoms with Gasteiger partial charge in [-0.15, -0.1) is 0 Å². The van der Waals surface area contributed by atoms with Crippen LogP contribution in [0.4, 0.5) is 9.39 Å². The Morgan fingerprint density at radius 1 is 1.06 bits per heavy atom. The number of halogens is 2. The maximum absolute atomic E-state index is 13.2. The smallest absolute Gasteiger partial charge is 0.324 e. The van der Waals surface area contributed by atoms with Gasteiger partial charge >= 0.3 is 5.00 Å². The van der Waals surface area contributed by atoms with Crippen molar-refractivity contribution in [3.05, 3.63) is 73.6 Å². The number of thiophene rings is 1. The summed E-state index contributed by atoms with van der Waals surface area (Å²) in [5.74, 6) is -0.997. The minimum atomic E-state index is -0.532. The Balaban J connectivity index is 1.46. The quantitative estimate of drug-likeness (QED) is 0.422. The van der Waals surface area contributed by atoms with E-state index in [4.69, 9.17) is 11.6 Å². The molecule has 0 radical (unpaired) electrons. The van der Waals surface area contributed by atoms with Gasteiger partial charge in [0.1, 0.15) is 11.0 Å². The molecule has 1 fully saturated rings. The van der Waals surface area contributed by atoms with Gasteiger partial charge in [0.2, 0.25) is 0 Å². The molecule has 4 rings (SSSR count). The van der Waals surface area contributed by atoms with Gasteiger partial charge in [0.15, 0.2) is 0 Å². The molecule has 0 aliphatic carbocycles. The zero-order valence-corrected chi connectivity index (χ0v) is 18.4. The molecule has 12 heteroatoms. The van der Waals surface area contributed by atoms with Crippen molar-refractivity contribution in [1.29, 1.82) is 0 Å². The Hall–Kier alpha value is -3.31. The number of carbonyl (C=O) groups is 2. The molecule has 0 spiro atoms. The van der Waals surface area contributed by atoms with Crippen LogP contribution in [0.15, 0.2) is 36.4 Å². The number of aryl methyl sites for hydroxylation is 1. The normalized spacial score (nSPS) is 14.0. The van der Waals surface area contributed by atoms with E-state index in [0.29, 0.717) is 24.5 Å². The molecule has 0 unspecified atom stereocenters. The highest BCUT2D eigenvalue weighted by atomic mass is 35.5. The Labute approximate surface area is 190 Å². The second-order valence-corrected chi connectivity index (χ2v) is 8.54. The Bertz CT molecular complexity index is 1200. The van der Waals surface area contributed by atoms with E-state index in [9.17, 15) is 24.1 Å². The second kappa shape index (κ2) is 8.67. The number of hydrogen-bond acceptors (Lipinski definition) is 6. The first-order valence-electron chi connectivity index (χ1n) is 9.60. The number of aromatic nitrogens is 2. The molecule has 2 aromatic heterocycles. The maximum atomic E-state index is 13.2. The van der Waals surface area contributed by atoms with E-state index in [1.54, 1.807) is 16.7 Å². The summed E-state index contributed by atoms with van der Waals surface area (Å²) in [6.07, 6.45) is 0. The molecule has 32 heavy (non-hydrogen) atoms. The van der Waals surface area contributed by atoms with Gasteiger partial charge in [0.05, 0.1) is 26.7 Å². The molecule has 1 saturated heterocycles. The van der Waals surface area contributed by atoms with Crippen molar-refractivity contribution in [3.63, 3.8) is 0 Å². The molecule has 3 heterocycles. The van der Waals surface area contributed by atoms with E-state index in [1.807, 2.05) is 0 Å². The molecule has 1 aromatic carbocycles. The highest BCUT2D eigenvalue weighted by Crippen LogP contribution is 2.27. The van der Waals surface area contributed by atoms with Crippen LogP contribution < -0.4 is 0 Å². The summed E-state index contributed by atoms with van der Waals surface area (Å²) in [4.78, 5) is 39.5. The lowest BCUT2D eigenvalue weighted by molar-refractivity contribution is -0.380. The van der Waals surface area contributed by atoms with Crippen LogP contribution in [0.1, 0.15) is 25.7 Å². The lowest BCUT2D eigenvalue weighted by Gasteiger charge is -2.34. The predicted octanol–water partition coefficient (Wildman–Crippen LogP) is 3.54. The number of amides is 2. The Morgan fingerprint density at radius 3 is 2.22 bits per heavy atom. The Kier molecular flexibility index (Phi) is 5.94. The van der Waals surface area contributed by atoms with E-state index in [2.05, 4.69) is 5.10 Å². The number of benzene rings is 1. The summed E-state index contributed by atoms with van der Waals surface area (Å²) >= 11 is 7.28. The summed E-state index contributed by atoms with van der Waals surface area (Å²) in [7, 11) is 0. The standard InChI is InChI=1S/C20H17ClFN5O4S/c1-12-17(18(21)26(23-12)14-4-2-13(22)3-5-14)20(29)25-10-8-24(9-11-25)19(28)15-6-7-16(32-15)27(30)31/h2-7H,8-11H2,1H3. The van der Waals surface area contributed by atoms with Crippen molar-refractivity contribution in [1.82, 2.24) is 19.6 Å². The average Bonchev–Trinajstić information content (AvgIpc) is 3.39. The van der Waals surface area contributed by atoms with Gasteiger partial charge in [-0.05, 0) is 37.3 Å². The number of carbonyl (C=O) groups excluding carboxylic acids is 2. The van der Waals surface area contributed by atoms with Gasteiger partial charge in [0.25, 0.3) is 11.8 Å². The lowest BCUT2D eigenvalue weighted by atomic mass is 10.2. The number of piperazine rings is 1. The second-order valence-electron chi connectivity index (χ2n) is 7.12. The summed E-state index contributed by atoms with van der Waals surface area (Å²) < 4.78 is 14.6. The molecule has 166 valence electrons. The van der Waals surface area contributed by atoms with Gasteiger partial charge in [0, 0.05) is 32.2 Å². The molecule has 1 aliphatic rings. The monoisotopic (exact) mass is 477 g/mol. The SMILES string of the molecule is Cc1nn(-c2ccc(F)cc2)c(Cl)c1C(=O)N1CCN(C(=O)c2ccc([N+](=O)[O-])s2)CC1. The van der Waals surface area contributed by atoms with E-state index in [1.165, 1.54) is 41.1 Å². The largest absolute Gasteiger partial charge is 0.335 e. The summed E-state index contributed by atoms with van der Waals surface area (Å²) in [5, 5.41) is 15.2. The van der Waals surface area contributed by atoms with Crippen LogP contribution in [-0.4, -0.2) is 62.5 Å². The number of nitro groups is 1. The van der Waals surface area contributed by atoms with Gasteiger partial charge in [-0.1, -0.05) is 22.9 Å². The third-order valence-corrected chi connectivity index (χ3v) is 6.50. The van der Waals surface area contributed by atoms with E-state index in [0.717, 1.165) is 11.3 Å². The van der Waals surface area contributed by atoms with Crippen LogP contribution in [0.5, 0.6) is 0 Å². The van der Waals surface area contributed by atoms with Crippen LogP contribution in [0.3, 0.4) is 0 Å². The number of nitrogens with zero attached hydrogens (tertiary/aromatic N) is 5. The van der Waals surface area contributed by atoms with E-state index < -0.39 is 10.7 Å². The maximum Gasteiger partial charge on any atom is 0.324 e. The topological polar surface area (TPSA) is 102 Å². The zero-order chi connectivity index (χ0) is 23.0. The van der Waals surface area contributed by atoms with Crippen molar-refractivity contribution in [2.75, 3.05) is 26.2 Å². The highest BCUT2D eigenvalue weighted by Gasteiger charge is 2.30. The first-order chi connectivity index (χ1) is 15.3. The van der Waals surface area contributed by atoms with E-state index in [-0.39, 0.29) is 45.5 Å². The van der Waals surface area contributed by atoms with Crippen LogP contribution in [0.2, 0.25) is 5.15 Å². The van der Waals surface area contributed by atoms with Gasteiger partial charge in [-0.3, -0.25) is 19.7 Å². The summed E-state index contributed by atoms with van der Waals surface area (Å²) in [6, 6.07) is 8.34. The average molecular weight is 478 g/mol. The molecule has 0 bridgehead atoms. The first kappa shape index (κ1) is 21.9. The fourth-order valence-corrected chi connectivity index (χ4v) is 4.60. The molecule has 0 atom stereocenters. The van der Waals surface area contributed by atoms with Crippen LogP contribution in [-0.2, 0) is 0 Å². The van der Waals surface area contributed by atoms with Crippen molar-refractivity contribution in [2.24, 2.45) is 0 Å². The van der Waals surface area contributed by atoms with Crippen molar-refractivity contribution >= 4 is 39.8 Å². The molecule has 2 amide bonds.